The molecule has 3 nitrogen and oxygen atoms in total. The minimum Gasteiger partial charge on any atom is -0.349 e. The molecule has 1 aromatic rings. The van der Waals surface area contributed by atoms with Crippen molar-refractivity contribution in [3.8, 4) is 0 Å². The predicted octanol–water partition coefficient (Wildman–Crippen LogP) is 2.63. The molecule has 0 spiro atoms. The average molecular weight is 338 g/mol. The van der Waals surface area contributed by atoms with Crippen LogP contribution in [-0.4, -0.2) is 34.9 Å². The summed E-state index contributed by atoms with van der Waals surface area (Å²) < 4.78 is 12.8. The van der Waals surface area contributed by atoms with Gasteiger partial charge in [-0.05, 0) is 39.4 Å². The number of thiophene rings is 1. The minimum absolute atomic E-state index is 0.0975. The zero-order valence-electron chi connectivity index (χ0n) is 9.94. The van der Waals surface area contributed by atoms with Crippen LogP contribution in [0.4, 0.5) is 0 Å². The fourth-order valence-corrected chi connectivity index (χ4v) is 3.75. The van der Waals surface area contributed by atoms with Crippen LogP contribution in [-0.2, 0) is 21.3 Å². The molecule has 96 valence electrons. The van der Waals surface area contributed by atoms with Gasteiger partial charge in [0.15, 0.2) is 0 Å². The Balaban J connectivity index is 2.24. The molecule has 17 heavy (non-hydrogen) atoms. The Labute approximate surface area is 117 Å². The van der Waals surface area contributed by atoms with Gasteiger partial charge >= 0.3 is 0 Å². The Morgan fingerprint density at radius 3 is 2.76 bits per heavy atom. The van der Waals surface area contributed by atoms with Crippen molar-refractivity contribution in [3.63, 3.8) is 0 Å². The summed E-state index contributed by atoms with van der Waals surface area (Å²) in [7, 11) is 2.60. The lowest BCUT2D eigenvalue weighted by atomic mass is 10.3. The van der Waals surface area contributed by atoms with E-state index in [1.807, 2.05) is 11.4 Å². The first kappa shape index (κ1) is 14.9. The second-order valence-corrected chi connectivity index (χ2v) is 7.81. The van der Waals surface area contributed by atoms with Gasteiger partial charge in [-0.1, -0.05) is 0 Å². The van der Waals surface area contributed by atoms with Gasteiger partial charge in [-0.2, -0.15) is 0 Å². The van der Waals surface area contributed by atoms with Gasteiger partial charge < -0.3 is 4.90 Å². The number of carbonyl (C=O) groups excluding carboxylic acids is 1. The van der Waals surface area contributed by atoms with E-state index in [2.05, 4.69) is 15.9 Å². The molecule has 0 N–H and O–H groups in total. The first-order valence-corrected chi connectivity index (χ1v) is 8.43. The van der Waals surface area contributed by atoms with E-state index >= 15 is 0 Å². The number of hydrogen-bond acceptors (Lipinski definition) is 3. The lowest BCUT2D eigenvalue weighted by Gasteiger charge is -2.09. The summed E-state index contributed by atoms with van der Waals surface area (Å²) in [6, 6.07) is 1.99. The van der Waals surface area contributed by atoms with E-state index in [9.17, 15) is 9.00 Å². The lowest BCUT2D eigenvalue weighted by molar-refractivity contribution is -0.128. The van der Waals surface area contributed by atoms with E-state index in [4.69, 9.17) is 0 Å². The second-order valence-electron chi connectivity index (χ2n) is 3.94. The molecule has 6 heteroatoms. The van der Waals surface area contributed by atoms with Gasteiger partial charge in [-0.25, -0.2) is 0 Å². The summed E-state index contributed by atoms with van der Waals surface area (Å²) in [5.41, 5.74) is 1.10. The first-order chi connectivity index (χ1) is 7.99. The van der Waals surface area contributed by atoms with Crippen LogP contribution in [0.2, 0.25) is 0 Å². The molecule has 0 fully saturated rings. The summed E-state index contributed by atoms with van der Waals surface area (Å²) in [4.78, 5) is 12.9. The Hall–Kier alpha value is -0.200. The molecule has 0 aliphatic rings. The lowest BCUT2D eigenvalue weighted by Crippen LogP contribution is -2.21. The zero-order chi connectivity index (χ0) is 12.8. The van der Waals surface area contributed by atoms with Gasteiger partial charge in [-0.3, -0.25) is 9.00 Å². The van der Waals surface area contributed by atoms with Crippen LogP contribution in [0.3, 0.4) is 0 Å². The number of halogens is 1. The molecule has 0 aliphatic heterocycles. The molecular formula is C11H16BrNO2S2. The molecule has 1 aromatic heterocycles. The minimum atomic E-state index is -0.872. The third-order valence-corrected chi connectivity index (χ3v) is 5.16. The fourth-order valence-electron chi connectivity index (χ4n) is 1.29. The summed E-state index contributed by atoms with van der Waals surface area (Å²) in [5, 5.41) is 2.01. The van der Waals surface area contributed by atoms with Crippen LogP contribution in [0, 0.1) is 0 Å². The third-order valence-electron chi connectivity index (χ3n) is 2.21. The average Bonchev–Trinajstić information content (AvgIpc) is 2.63. The quantitative estimate of drug-likeness (QED) is 0.800. The van der Waals surface area contributed by atoms with Crippen LogP contribution < -0.4 is 0 Å². The second kappa shape index (κ2) is 7.28. The molecule has 0 bridgehead atoms. The van der Waals surface area contributed by atoms with Crippen molar-refractivity contribution in [2.75, 3.05) is 19.8 Å². The Morgan fingerprint density at radius 1 is 1.53 bits per heavy atom. The third kappa shape index (κ3) is 5.79. The topological polar surface area (TPSA) is 37.4 Å². The monoisotopic (exact) mass is 337 g/mol. The highest BCUT2D eigenvalue weighted by atomic mass is 79.9. The molecule has 0 radical (unpaired) electrons. The van der Waals surface area contributed by atoms with Gasteiger partial charge in [0.25, 0.3) is 0 Å². The normalized spacial score (nSPS) is 12.4. The van der Waals surface area contributed by atoms with Crippen LogP contribution >= 0.6 is 27.3 Å². The fraction of sp³-hybridized carbons (Fsp3) is 0.545. The number of nitrogens with zero attached hydrogens (tertiary/aromatic N) is 1. The Bertz CT molecular complexity index is 404. The maximum absolute atomic E-state index is 11.7. The molecule has 1 rings (SSSR count). The first-order valence-electron chi connectivity index (χ1n) is 5.27. The van der Waals surface area contributed by atoms with E-state index in [0.717, 1.165) is 9.35 Å². The van der Waals surface area contributed by atoms with Crippen molar-refractivity contribution >= 4 is 44.0 Å². The molecule has 1 heterocycles. The van der Waals surface area contributed by atoms with Gasteiger partial charge in [0.05, 0.1) is 3.79 Å². The van der Waals surface area contributed by atoms with Crippen molar-refractivity contribution in [2.24, 2.45) is 0 Å². The summed E-state index contributed by atoms with van der Waals surface area (Å²) >= 11 is 4.98. The van der Waals surface area contributed by atoms with Crippen molar-refractivity contribution in [1.29, 1.82) is 0 Å². The van der Waals surface area contributed by atoms with Crippen LogP contribution in [0.25, 0.3) is 0 Å². The molecule has 1 amide bonds. The molecule has 0 aromatic carbocycles. The van der Waals surface area contributed by atoms with Gasteiger partial charge in [-0.15, -0.1) is 11.3 Å². The number of hydrogen-bond donors (Lipinski definition) is 0. The van der Waals surface area contributed by atoms with Crippen LogP contribution in [0.1, 0.15) is 18.4 Å². The Kier molecular flexibility index (Phi) is 6.37. The van der Waals surface area contributed by atoms with Crippen LogP contribution in [0.5, 0.6) is 0 Å². The van der Waals surface area contributed by atoms with E-state index in [0.29, 0.717) is 24.3 Å². The summed E-state index contributed by atoms with van der Waals surface area (Å²) in [5.74, 6) is 1.27. The predicted molar refractivity (Wildman–Crippen MR) is 76.7 cm³/mol. The van der Waals surface area contributed by atoms with Gasteiger partial charge in [0, 0.05) is 42.8 Å². The maximum atomic E-state index is 11.7. The zero-order valence-corrected chi connectivity index (χ0v) is 13.2. The van der Waals surface area contributed by atoms with E-state index in [1.54, 1.807) is 30.3 Å². The highest BCUT2D eigenvalue weighted by Crippen LogP contribution is 2.21. The number of carbonyl (C=O) groups is 1. The van der Waals surface area contributed by atoms with Gasteiger partial charge in [0.1, 0.15) is 0 Å². The van der Waals surface area contributed by atoms with Crippen molar-refractivity contribution in [3.05, 3.63) is 20.8 Å². The van der Waals surface area contributed by atoms with E-state index in [-0.39, 0.29) is 5.91 Å². The number of amides is 1. The molecule has 0 aliphatic carbocycles. The molecule has 1 unspecified atom stereocenters. The smallest absolute Gasteiger partial charge is 0.222 e. The number of rotatable bonds is 6. The molecular weight excluding hydrogens is 322 g/mol. The van der Waals surface area contributed by atoms with Crippen LogP contribution in [0.15, 0.2) is 15.2 Å². The largest absolute Gasteiger partial charge is 0.349 e. The molecule has 0 saturated carbocycles. The standard InChI is InChI=1S/C11H16BrNO2S2/c1-13(2)11(14)4-3-5-17(15)8-9-6-10(12)16-7-9/h6-7H,3-5,8H2,1-2H3. The highest BCUT2D eigenvalue weighted by Gasteiger charge is 2.07. The Morgan fingerprint density at radius 2 is 2.24 bits per heavy atom. The van der Waals surface area contributed by atoms with Crippen molar-refractivity contribution in [1.82, 2.24) is 4.90 Å². The summed E-state index contributed by atoms with van der Waals surface area (Å²) in [6.45, 7) is 0. The summed E-state index contributed by atoms with van der Waals surface area (Å²) in [6.07, 6.45) is 1.17. The highest BCUT2D eigenvalue weighted by molar-refractivity contribution is 9.11. The molecule has 1 atom stereocenters. The SMILES string of the molecule is CN(C)C(=O)CCCS(=O)Cc1csc(Br)c1. The van der Waals surface area contributed by atoms with E-state index in [1.165, 1.54) is 0 Å². The van der Waals surface area contributed by atoms with Crippen molar-refractivity contribution < 1.29 is 9.00 Å². The maximum Gasteiger partial charge on any atom is 0.222 e. The molecule has 0 saturated heterocycles. The van der Waals surface area contributed by atoms with Gasteiger partial charge in [0.2, 0.25) is 5.91 Å². The van der Waals surface area contributed by atoms with Crippen molar-refractivity contribution in [2.45, 2.75) is 18.6 Å². The van der Waals surface area contributed by atoms with E-state index < -0.39 is 10.8 Å².